The Bertz CT molecular complexity index is 175. The number of halogens is 1. The Morgan fingerprint density at radius 3 is 2.55 bits per heavy atom. The van der Waals surface area contributed by atoms with E-state index in [-0.39, 0.29) is 17.8 Å². The van der Waals surface area contributed by atoms with Crippen LogP contribution < -0.4 is 5.32 Å². The van der Waals surface area contributed by atoms with Crippen molar-refractivity contribution in [3.63, 3.8) is 0 Å². The Morgan fingerprint density at radius 1 is 1.64 bits per heavy atom. The van der Waals surface area contributed by atoms with Crippen LogP contribution in [0.4, 0.5) is 0 Å². The highest BCUT2D eigenvalue weighted by Gasteiger charge is 2.50. The van der Waals surface area contributed by atoms with E-state index in [9.17, 15) is 4.79 Å². The Labute approximate surface area is 71.6 Å². The zero-order valence-corrected chi connectivity index (χ0v) is 6.99. The Balaban J connectivity index is 0.000000605. The van der Waals surface area contributed by atoms with Gasteiger partial charge >= 0.3 is 5.97 Å². The van der Waals surface area contributed by atoms with Crippen LogP contribution in [0.3, 0.4) is 0 Å². The highest BCUT2D eigenvalue weighted by Crippen LogP contribution is 2.42. The third-order valence-corrected chi connectivity index (χ3v) is 2.79. The highest BCUT2D eigenvalue weighted by atomic mass is 35.5. The minimum atomic E-state index is -0.611. The summed E-state index contributed by atoms with van der Waals surface area (Å²) in [5.41, 5.74) is -0.384. The summed E-state index contributed by atoms with van der Waals surface area (Å²) in [4.78, 5) is 10.7. The van der Waals surface area contributed by atoms with E-state index in [1.54, 1.807) is 0 Å². The lowest BCUT2D eigenvalue weighted by atomic mass is 9.88. The second-order valence-corrected chi connectivity index (χ2v) is 3.41. The SMILES string of the molecule is Cl.O=C(O)C12CC[C@@H](C1)NC2. The van der Waals surface area contributed by atoms with E-state index in [0.29, 0.717) is 12.6 Å². The van der Waals surface area contributed by atoms with Gasteiger partial charge in [0.25, 0.3) is 0 Å². The minimum Gasteiger partial charge on any atom is -0.481 e. The fourth-order valence-electron chi connectivity index (χ4n) is 2.07. The Hall–Kier alpha value is -0.280. The number of aliphatic carboxylic acids is 1. The number of carbonyl (C=O) groups is 1. The molecule has 1 saturated heterocycles. The van der Waals surface area contributed by atoms with Gasteiger partial charge in [0.15, 0.2) is 0 Å². The number of carboxylic acid groups (broad SMARTS) is 1. The number of piperidine rings is 1. The van der Waals surface area contributed by atoms with Crippen LogP contribution >= 0.6 is 12.4 Å². The van der Waals surface area contributed by atoms with Gasteiger partial charge in [-0.15, -0.1) is 12.4 Å². The summed E-state index contributed by atoms with van der Waals surface area (Å²) in [6.07, 6.45) is 2.77. The average molecular weight is 178 g/mol. The molecule has 1 heterocycles. The fourth-order valence-corrected chi connectivity index (χ4v) is 2.07. The number of nitrogens with one attached hydrogen (secondary N) is 1. The van der Waals surface area contributed by atoms with Crippen molar-refractivity contribution < 1.29 is 9.90 Å². The normalized spacial score (nSPS) is 40.2. The van der Waals surface area contributed by atoms with Crippen molar-refractivity contribution >= 4 is 18.4 Å². The quantitative estimate of drug-likeness (QED) is 0.618. The molecular weight excluding hydrogens is 166 g/mol. The van der Waals surface area contributed by atoms with Gasteiger partial charge in [-0.25, -0.2) is 0 Å². The van der Waals surface area contributed by atoms with Crippen LogP contribution in [-0.4, -0.2) is 23.7 Å². The molecule has 0 aromatic heterocycles. The van der Waals surface area contributed by atoms with Gasteiger partial charge < -0.3 is 10.4 Å². The van der Waals surface area contributed by atoms with Crippen molar-refractivity contribution in [3.8, 4) is 0 Å². The van der Waals surface area contributed by atoms with Gasteiger partial charge in [-0.2, -0.15) is 0 Å². The maximum Gasteiger partial charge on any atom is 0.310 e. The van der Waals surface area contributed by atoms with Crippen LogP contribution in [0.5, 0.6) is 0 Å². The fraction of sp³-hybridized carbons (Fsp3) is 0.857. The second kappa shape index (κ2) is 2.64. The third kappa shape index (κ3) is 1.12. The number of rotatable bonds is 1. The zero-order valence-electron chi connectivity index (χ0n) is 6.17. The molecule has 2 atom stereocenters. The lowest BCUT2D eigenvalue weighted by Gasteiger charge is -2.20. The first-order valence-electron chi connectivity index (χ1n) is 3.70. The molecule has 3 nitrogen and oxygen atoms in total. The molecule has 2 bridgehead atoms. The predicted octanol–water partition coefficient (Wildman–Crippen LogP) is 0.635. The first kappa shape index (κ1) is 8.81. The van der Waals surface area contributed by atoms with Crippen LogP contribution in [-0.2, 0) is 4.79 Å². The van der Waals surface area contributed by atoms with Crippen LogP contribution in [0.1, 0.15) is 19.3 Å². The van der Waals surface area contributed by atoms with Crippen LogP contribution in [0.25, 0.3) is 0 Å². The molecule has 2 N–H and O–H groups in total. The first-order valence-corrected chi connectivity index (χ1v) is 3.70. The summed E-state index contributed by atoms with van der Waals surface area (Å²) in [5, 5.41) is 12.0. The molecule has 11 heavy (non-hydrogen) atoms. The van der Waals surface area contributed by atoms with E-state index in [4.69, 9.17) is 5.11 Å². The van der Waals surface area contributed by atoms with Gasteiger partial charge in [0.1, 0.15) is 0 Å². The highest BCUT2D eigenvalue weighted by molar-refractivity contribution is 5.85. The maximum absolute atomic E-state index is 10.7. The molecular formula is C7H12ClNO2. The van der Waals surface area contributed by atoms with Crippen molar-refractivity contribution in [2.24, 2.45) is 5.41 Å². The zero-order chi connectivity index (χ0) is 7.19. The molecule has 2 aliphatic rings. The lowest BCUT2D eigenvalue weighted by molar-refractivity contribution is -0.147. The molecule has 2 rings (SSSR count). The van der Waals surface area contributed by atoms with E-state index in [2.05, 4.69) is 5.32 Å². The molecule has 1 saturated carbocycles. The average Bonchev–Trinajstić information content (AvgIpc) is 2.45. The van der Waals surface area contributed by atoms with E-state index < -0.39 is 5.97 Å². The number of carboxylic acids is 1. The standard InChI is InChI=1S/C7H11NO2.ClH/c9-6(10)7-2-1-5(3-7)8-4-7;/h5,8H,1-4H2,(H,9,10);1H/t5-,7?;/m0./s1. The van der Waals surface area contributed by atoms with Gasteiger partial charge in [0.2, 0.25) is 0 Å². The van der Waals surface area contributed by atoms with Crippen molar-refractivity contribution in [2.45, 2.75) is 25.3 Å². The summed E-state index contributed by atoms with van der Waals surface area (Å²) in [6, 6.07) is 0.496. The number of hydrogen-bond donors (Lipinski definition) is 2. The van der Waals surface area contributed by atoms with Gasteiger partial charge in [-0.3, -0.25) is 4.79 Å². The molecule has 1 aliphatic heterocycles. The van der Waals surface area contributed by atoms with Crippen molar-refractivity contribution in [1.82, 2.24) is 5.32 Å². The molecule has 1 aliphatic carbocycles. The third-order valence-electron chi connectivity index (χ3n) is 2.79. The van der Waals surface area contributed by atoms with Gasteiger partial charge in [-0.1, -0.05) is 0 Å². The van der Waals surface area contributed by atoms with Crippen molar-refractivity contribution in [3.05, 3.63) is 0 Å². The van der Waals surface area contributed by atoms with E-state index in [1.165, 1.54) is 0 Å². The molecule has 1 unspecified atom stereocenters. The molecule has 0 amide bonds. The molecule has 4 heteroatoms. The Morgan fingerprint density at radius 2 is 2.36 bits per heavy atom. The molecule has 0 spiro atoms. The minimum absolute atomic E-state index is 0. The summed E-state index contributed by atoms with van der Waals surface area (Å²) in [5.74, 6) is -0.611. The van der Waals surface area contributed by atoms with E-state index in [0.717, 1.165) is 19.3 Å². The van der Waals surface area contributed by atoms with E-state index in [1.807, 2.05) is 0 Å². The molecule has 64 valence electrons. The molecule has 0 aromatic rings. The monoisotopic (exact) mass is 177 g/mol. The van der Waals surface area contributed by atoms with Crippen LogP contribution in [0, 0.1) is 5.41 Å². The summed E-state index contributed by atoms with van der Waals surface area (Å²) in [6.45, 7) is 0.687. The number of fused-ring (bicyclic) bond motifs is 2. The summed E-state index contributed by atoms with van der Waals surface area (Å²) in [7, 11) is 0. The molecule has 0 radical (unpaired) electrons. The molecule has 0 aromatic carbocycles. The van der Waals surface area contributed by atoms with Gasteiger partial charge in [-0.05, 0) is 19.3 Å². The van der Waals surface area contributed by atoms with E-state index >= 15 is 0 Å². The maximum atomic E-state index is 10.7. The first-order chi connectivity index (χ1) is 4.73. The summed E-state index contributed by atoms with van der Waals surface area (Å²) >= 11 is 0. The molecule has 2 fully saturated rings. The number of hydrogen-bond acceptors (Lipinski definition) is 2. The van der Waals surface area contributed by atoms with Gasteiger partial charge in [0.05, 0.1) is 5.41 Å². The second-order valence-electron chi connectivity index (χ2n) is 3.41. The lowest BCUT2D eigenvalue weighted by Crippen LogP contribution is -2.35. The van der Waals surface area contributed by atoms with Crippen LogP contribution in [0.2, 0.25) is 0 Å². The Kier molecular flexibility index (Phi) is 2.12. The smallest absolute Gasteiger partial charge is 0.310 e. The van der Waals surface area contributed by atoms with Crippen LogP contribution in [0.15, 0.2) is 0 Å². The topological polar surface area (TPSA) is 49.3 Å². The predicted molar refractivity (Wildman–Crippen MR) is 43.0 cm³/mol. The van der Waals surface area contributed by atoms with Gasteiger partial charge in [0, 0.05) is 12.6 Å². The largest absolute Gasteiger partial charge is 0.481 e. The van der Waals surface area contributed by atoms with Crippen molar-refractivity contribution in [1.29, 1.82) is 0 Å². The van der Waals surface area contributed by atoms with Crippen molar-refractivity contribution in [2.75, 3.05) is 6.54 Å². The summed E-state index contributed by atoms with van der Waals surface area (Å²) < 4.78 is 0.